The Morgan fingerprint density at radius 2 is 2.06 bits per heavy atom. The number of methoxy groups -OCH3 is 1. The van der Waals surface area contributed by atoms with Gasteiger partial charge in [-0.15, -0.1) is 0 Å². The van der Waals surface area contributed by atoms with Gasteiger partial charge in [0.1, 0.15) is 0 Å². The molecule has 0 radical (unpaired) electrons. The van der Waals surface area contributed by atoms with E-state index in [9.17, 15) is 0 Å². The van der Waals surface area contributed by atoms with Crippen LogP contribution in [0.2, 0.25) is 0 Å². The minimum Gasteiger partial charge on any atom is -0.383 e. The van der Waals surface area contributed by atoms with Crippen LogP contribution in [0.1, 0.15) is 24.4 Å². The molecule has 0 saturated heterocycles. The van der Waals surface area contributed by atoms with Crippen LogP contribution in [0, 0.1) is 5.92 Å². The number of hydrogen-bond donors (Lipinski definition) is 1. The van der Waals surface area contributed by atoms with Crippen molar-refractivity contribution in [2.24, 2.45) is 5.92 Å². The first-order chi connectivity index (χ1) is 8.90. The molecule has 2 rings (SSSR count). The molecule has 3 nitrogen and oxygen atoms in total. The van der Waals surface area contributed by atoms with E-state index in [1.54, 1.807) is 7.11 Å². The first-order valence-electron chi connectivity index (χ1n) is 6.75. The summed E-state index contributed by atoms with van der Waals surface area (Å²) in [5.41, 5.74) is 1.27. The molecule has 18 heavy (non-hydrogen) atoms. The van der Waals surface area contributed by atoms with Gasteiger partial charge in [0.05, 0.1) is 19.3 Å². The summed E-state index contributed by atoms with van der Waals surface area (Å²) >= 11 is 0. The highest BCUT2D eigenvalue weighted by atomic mass is 16.5. The number of rotatable bonds is 9. The summed E-state index contributed by atoms with van der Waals surface area (Å²) in [7, 11) is 1.74. The fourth-order valence-electron chi connectivity index (χ4n) is 1.96. The van der Waals surface area contributed by atoms with Gasteiger partial charge in [0.2, 0.25) is 0 Å². The van der Waals surface area contributed by atoms with Crippen LogP contribution in [-0.4, -0.2) is 33.5 Å². The minimum atomic E-state index is 0.251. The van der Waals surface area contributed by atoms with Crippen molar-refractivity contribution in [1.29, 1.82) is 0 Å². The van der Waals surface area contributed by atoms with E-state index in [4.69, 9.17) is 9.47 Å². The average Bonchev–Trinajstić information content (AvgIpc) is 3.22. The molecule has 1 saturated carbocycles. The maximum Gasteiger partial charge on any atom is 0.0657 e. The van der Waals surface area contributed by atoms with Crippen LogP contribution in [0.5, 0.6) is 0 Å². The van der Waals surface area contributed by atoms with Crippen molar-refractivity contribution in [2.75, 3.05) is 33.5 Å². The van der Waals surface area contributed by atoms with E-state index < -0.39 is 0 Å². The molecule has 0 spiro atoms. The van der Waals surface area contributed by atoms with Crippen LogP contribution in [0.25, 0.3) is 0 Å². The van der Waals surface area contributed by atoms with Crippen LogP contribution in [0.3, 0.4) is 0 Å². The molecule has 1 aromatic carbocycles. The first-order valence-corrected chi connectivity index (χ1v) is 6.75. The van der Waals surface area contributed by atoms with Crippen LogP contribution in [-0.2, 0) is 9.47 Å². The second kappa shape index (κ2) is 7.52. The Hall–Kier alpha value is -0.900. The van der Waals surface area contributed by atoms with Gasteiger partial charge in [0.25, 0.3) is 0 Å². The van der Waals surface area contributed by atoms with Crippen molar-refractivity contribution in [1.82, 2.24) is 5.32 Å². The normalized spacial score (nSPS) is 16.7. The Labute approximate surface area is 109 Å². The summed E-state index contributed by atoms with van der Waals surface area (Å²) in [4.78, 5) is 0. The Balaban J connectivity index is 1.68. The zero-order valence-electron chi connectivity index (χ0n) is 11.1. The van der Waals surface area contributed by atoms with Crippen molar-refractivity contribution in [3.05, 3.63) is 35.9 Å². The summed E-state index contributed by atoms with van der Waals surface area (Å²) in [6.45, 7) is 3.27. The van der Waals surface area contributed by atoms with E-state index in [2.05, 4.69) is 29.6 Å². The average molecular weight is 249 g/mol. The highest BCUT2D eigenvalue weighted by Crippen LogP contribution is 2.28. The third-order valence-electron chi connectivity index (χ3n) is 3.22. The van der Waals surface area contributed by atoms with E-state index in [1.165, 1.54) is 18.4 Å². The number of ether oxygens (including phenoxy) is 2. The van der Waals surface area contributed by atoms with E-state index in [1.807, 2.05) is 6.07 Å². The lowest BCUT2D eigenvalue weighted by Gasteiger charge is -2.18. The fraction of sp³-hybridized carbons (Fsp3) is 0.600. The van der Waals surface area contributed by atoms with Crippen molar-refractivity contribution in [3.63, 3.8) is 0 Å². The second-order valence-corrected chi connectivity index (χ2v) is 4.89. The summed E-state index contributed by atoms with van der Waals surface area (Å²) < 4.78 is 10.9. The highest BCUT2D eigenvalue weighted by Gasteiger charge is 2.20. The number of benzene rings is 1. The number of nitrogens with one attached hydrogen (secondary N) is 1. The van der Waals surface area contributed by atoms with Crippen LogP contribution >= 0.6 is 0 Å². The molecule has 1 N–H and O–H groups in total. The Kier molecular flexibility index (Phi) is 5.65. The Morgan fingerprint density at radius 3 is 2.72 bits per heavy atom. The molecule has 100 valence electrons. The van der Waals surface area contributed by atoms with Gasteiger partial charge in [0.15, 0.2) is 0 Å². The Bertz CT molecular complexity index is 325. The summed E-state index contributed by atoms with van der Waals surface area (Å²) in [6, 6.07) is 10.7. The maximum atomic E-state index is 5.62. The van der Waals surface area contributed by atoms with Gasteiger partial charge >= 0.3 is 0 Å². The zero-order chi connectivity index (χ0) is 12.6. The van der Waals surface area contributed by atoms with Gasteiger partial charge < -0.3 is 14.8 Å². The summed E-state index contributed by atoms with van der Waals surface area (Å²) in [5.74, 6) is 0.842. The Morgan fingerprint density at radius 1 is 1.28 bits per heavy atom. The standard InChI is InChI=1S/C15H23NO2/c1-17-12-15(14-5-3-2-4-6-14)16-9-10-18-11-13-7-8-13/h2-6,13,15-16H,7-12H2,1H3. The molecule has 0 aliphatic heterocycles. The predicted molar refractivity (Wildman–Crippen MR) is 72.6 cm³/mol. The smallest absolute Gasteiger partial charge is 0.0657 e. The first kappa shape index (κ1) is 13.5. The van der Waals surface area contributed by atoms with Crippen molar-refractivity contribution < 1.29 is 9.47 Å². The highest BCUT2D eigenvalue weighted by molar-refractivity contribution is 5.18. The van der Waals surface area contributed by atoms with Crippen LogP contribution in [0.4, 0.5) is 0 Å². The molecule has 1 unspecified atom stereocenters. The van der Waals surface area contributed by atoms with Crippen molar-refractivity contribution >= 4 is 0 Å². The van der Waals surface area contributed by atoms with Gasteiger partial charge in [-0.1, -0.05) is 30.3 Å². The molecule has 1 fully saturated rings. The SMILES string of the molecule is COCC(NCCOCC1CC1)c1ccccc1. The van der Waals surface area contributed by atoms with Gasteiger partial charge in [-0.2, -0.15) is 0 Å². The summed E-state index contributed by atoms with van der Waals surface area (Å²) in [5, 5.41) is 3.48. The molecule has 3 heteroatoms. The van der Waals surface area contributed by atoms with Crippen LogP contribution in [0.15, 0.2) is 30.3 Å². The molecule has 0 aromatic heterocycles. The molecular formula is C15H23NO2. The molecule has 1 aliphatic carbocycles. The quantitative estimate of drug-likeness (QED) is 0.682. The van der Waals surface area contributed by atoms with Gasteiger partial charge in [-0.25, -0.2) is 0 Å². The topological polar surface area (TPSA) is 30.5 Å². The lowest BCUT2D eigenvalue weighted by molar-refractivity contribution is 0.116. The molecular weight excluding hydrogens is 226 g/mol. The third-order valence-corrected chi connectivity index (χ3v) is 3.22. The lowest BCUT2D eigenvalue weighted by Crippen LogP contribution is -2.28. The molecule has 1 aromatic rings. The van der Waals surface area contributed by atoms with Gasteiger partial charge in [-0.3, -0.25) is 0 Å². The molecule has 0 bridgehead atoms. The molecule has 0 heterocycles. The summed E-state index contributed by atoms with van der Waals surface area (Å²) in [6.07, 6.45) is 2.70. The van der Waals surface area contributed by atoms with E-state index in [-0.39, 0.29) is 6.04 Å². The second-order valence-electron chi connectivity index (χ2n) is 4.89. The largest absolute Gasteiger partial charge is 0.383 e. The molecule has 1 atom stereocenters. The molecule has 1 aliphatic rings. The van der Waals surface area contributed by atoms with Gasteiger partial charge in [-0.05, 0) is 24.3 Å². The maximum absolute atomic E-state index is 5.62. The monoisotopic (exact) mass is 249 g/mol. The van der Waals surface area contributed by atoms with Crippen LogP contribution < -0.4 is 5.32 Å². The molecule has 0 amide bonds. The minimum absolute atomic E-state index is 0.251. The lowest BCUT2D eigenvalue weighted by atomic mass is 10.1. The van der Waals surface area contributed by atoms with E-state index >= 15 is 0 Å². The van der Waals surface area contributed by atoms with Crippen molar-refractivity contribution in [3.8, 4) is 0 Å². The predicted octanol–water partition coefficient (Wildman–Crippen LogP) is 2.39. The third kappa shape index (κ3) is 4.77. The van der Waals surface area contributed by atoms with E-state index in [0.29, 0.717) is 6.61 Å². The fourth-order valence-corrected chi connectivity index (χ4v) is 1.96. The zero-order valence-corrected chi connectivity index (χ0v) is 11.1. The van der Waals surface area contributed by atoms with E-state index in [0.717, 1.165) is 25.7 Å². The van der Waals surface area contributed by atoms with Crippen molar-refractivity contribution in [2.45, 2.75) is 18.9 Å². The van der Waals surface area contributed by atoms with Gasteiger partial charge in [0, 0.05) is 20.3 Å². The number of hydrogen-bond acceptors (Lipinski definition) is 3.